The zero-order valence-electron chi connectivity index (χ0n) is 15.9. The van der Waals surface area contributed by atoms with E-state index in [1.54, 1.807) is 0 Å². The van der Waals surface area contributed by atoms with Gasteiger partial charge in [-0.1, -0.05) is 11.6 Å². The lowest BCUT2D eigenvalue weighted by Gasteiger charge is -2.15. The van der Waals surface area contributed by atoms with Crippen molar-refractivity contribution in [2.45, 2.75) is 12.5 Å². The molecule has 0 saturated heterocycles. The van der Waals surface area contributed by atoms with Crippen molar-refractivity contribution in [3.8, 4) is 17.2 Å². The number of benzene rings is 1. The lowest BCUT2D eigenvalue weighted by molar-refractivity contribution is -0.904. The monoisotopic (exact) mass is 494 g/mol. The van der Waals surface area contributed by atoms with E-state index < -0.39 is 46.2 Å². The van der Waals surface area contributed by atoms with Crippen LogP contribution in [0.5, 0.6) is 17.2 Å². The second-order valence-corrected chi connectivity index (χ2v) is 6.64. The zero-order valence-corrected chi connectivity index (χ0v) is 16.7. The highest BCUT2D eigenvalue weighted by Gasteiger charge is 2.34. The molecule has 0 unspecified atom stereocenters. The minimum atomic E-state index is -4.99. The summed E-state index contributed by atoms with van der Waals surface area (Å²) in [6, 6.07) is 5.68. The van der Waals surface area contributed by atoms with Crippen LogP contribution in [0.4, 0.5) is 32.0 Å². The lowest BCUT2D eigenvalue weighted by Crippen LogP contribution is -2.29. The first-order valence-corrected chi connectivity index (χ1v) is 9.02. The number of ether oxygens (including phenoxy) is 2. The molecule has 0 bridgehead atoms. The number of nitrogens with one attached hydrogen (secondary N) is 1. The quantitative estimate of drug-likeness (QED) is 0.288. The number of rotatable bonds is 5. The van der Waals surface area contributed by atoms with Crippen molar-refractivity contribution in [1.29, 1.82) is 0 Å². The van der Waals surface area contributed by atoms with Crippen molar-refractivity contribution in [3.05, 3.63) is 71.3 Å². The Hall–Kier alpha value is -3.74. The van der Waals surface area contributed by atoms with Gasteiger partial charge in [0, 0.05) is 29.1 Å². The standard InChI is InChI=1S/C19H10ClF6N3O4/c20-13-6-11(33-19(24,25)26)3-4-14(13)32-15-7-16(18(21,22)23)27-8-12(15)17(30)28-10-2-1-5-29(31)9-10/h1-9H,(H-,28,30,31)/p+1. The molecular formula is C19H11ClF6N3O4+. The third-order valence-electron chi connectivity index (χ3n) is 3.80. The number of hydrogen-bond donors (Lipinski definition) is 2. The van der Waals surface area contributed by atoms with E-state index in [1.165, 1.54) is 18.3 Å². The van der Waals surface area contributed by atoms with Gasteiger partial charge in [-0.15, -0.1) is 13.2 Å². The van der Waals surface area contributed by atoms with Gasteiger partial charge < -0.3 is 14.8 Å². The maximum absolute atomic E-state index is 13.1. The molecule has 174 valence electrons. The van der Waals surface area contributed by atoms with Crippen LogP contribution in [0.15, 0.2) is 55.0 Å². The fraction of sp³-hybridized carbons (Fsp3) is 0.105. The Kier molecular flexibility index (Phi) is 6.53. The molecule has 0 aliphatic heterocycles. The van der Waals surface area contributed by atoms with E-state index in [9.17, 15) is 36.3 Å². The van der Waals surface area contributed by atoms with Crippen LogP contribution in [-0.4, -0.2) is 22.5 Å². The molecule has 1 amide bonds. The number of hydrogen-bond acceptors (Lipinski definition) is 5. The molecule has 0 fully saturated rings. The van der Waals surface area contributed by atoms with Gasteiger partial charge in [0.1, 0.15) is 34.2 Å². The van der Waals surface area contributed by atoms with Crippen LogP contribution in [0.25, 0.3) is 0 Å². The van der Waals surface area contributed by atoms with Gasteiger partial charge in [0.25, 0.3) is 5.91 Å². The number of amides is 1. The predicted octanol–water partition coefficient (Wildman–Crippen LogP) is 5.22. The van der Waals surface area contributed by atoms with Crippen LogP contribution in [0.2, 0.25) is 5.02 Å². The summed E-state index contributed by atoms with van der Waals surface area (Å²) in [6.07, 6.45) is -6.92. The zero-order chi connectivity index (χ0) is 24.4. The van der Waals surface area contributed by atoms with Crippen LogP contribution < -0.4 is 19.5 Å². The van der Waals surface area contributed by atoms with Crippen LogP contribution in [0, 0.1) is 0 Å². The largest absolute Gasteiger partial charge is 0.573 e. The number of carbonyl (C=O) groups excluding carboxylic acids is 1. The third kappa shape index (κ3) is 6.38. The van der Waals surface area contributed by atoms with Crippen LogP contribution >= 0.6 is 11.6 Å². The SMILES string of the molecule is O=C(Nc1ccc[n+](O)c1)c1cnc(C(F)(F)F)cc1Oc1ccc(OC(F)(F)F)cc1Cl. The number of carbonyl (C=O) groups is 1. The first kappa shape index (κ1) is 23.9. The highest BCUT2D eigenvalue weighted by Crippen LogP contribution is 2.37. The molecule has 0 atom stereocenters. The van der Waals surface area contributed by atoms with Gasteiger partial charge >= 0.3 is 12.5 Å². The van der Waals surface area contributed by atoms with Gasteiger partial charge in [0.15, 0.2) is 0 Å². The van der Waals surface area contributed by atoms with E-state index in [1.807, 2.05) is 0 Å². The fourth-order valence-electron chi connectivity index (χ4n) is 2.46. The maximum Gasteiger partial charge on any atom is 0.573 e. The molecule has 0 radical (unpaired) electrons. The minimum Gasteiger partial charge on any atom is -0.455 e. The molecule has 0 spiro atoms. The molecule has 1 aromatic carbocycles. The summed E-state index contributed by atoms with van der Waals surface area (Å²) in [4.78, 5) is 15.8. The molecule has 14 heteroatoms. The summed E-state index contributed by atoms with van der Waals surface area (Å²) in [7, 11) is 0. The van der Waals surface area contributed by atoms with Crippen molar-refractivity contribution in [1.82, 2.24) is 4.98 Å². The Balaban J connectivity index is 1.96. The van der Waals surface area contributed by atoms with Gasteiger partial charge in [0.05, 0.1) is 5.02 Å². The Morgan fingerprint density at radius 3 is 2.42 bits per heavy atom. The molecule has 0 aliphatic carbocycles. The van der Waals surface area contributed by atoms with E-state index >= 15 is 0 Å². The van der Waals surface area contributed by atoms with Crippen LogP contribution in [-0.2, 0) is 6.18 Å². The molecule has 33 heavy (non-hydrogen) atoms. The topological polar surface area (TPSA) is 84.6 Å². The molecule has 2 aromatic heterocycles. The highest BCUT2D eigenvalue weighted by atomic mass is 35.5. The second-order valence-electron chi connectivity index (χ2n) is 6.23. The average Bonchev–Trinajstić information content (AvgIpc) is 2.68. The molecule has 3 rings (SSSR count). The molecule has 3 aromatic rings. The van der Waals surface area contributed by atoms with Gasteiger partial charge in [0.2, 0.25) is 12.4 Å². The van der Waals surface area contributed by atoms with E-state index in [0.29, 0.717) is 17.0 Å². The highest BCUT2D eigenvalue weighted by molar-refractivity contribution is 6.32. The summed E-state index contributed by atoms with van der Waals surface area (Å²) in [5.74, 6) is -2.63. The van der Waals surface area contributed by atoms with E-state index in [0.717, 1.165) is 24.4 Å². The molecule has 2 heterocycles. The Morgan fingerprint density at radius 2 is 1.82 bits per heavy atom. The summed E-state index contributed by atoms with van der Waals surface area (Å²) in [6.45, 7) is 0. The summed E-state index contributed by atoms with van der Waals surface area (Å²) < 4.78 is 86.1. The minimum absolute atomic E-state index is 0.0857. The van der Waals surface area contributed by atoms with Crippen LogP contribution in [0.3, 0.4) is 0 Å². The summed E-state index contributed by atoms with van der Waals surface area (Å²) >= 11 is 5.88. The molecule has 2 N–H and O–H groups in total. The van der Waals surface area contributed by atoms with Crippen molar-refractivity contribution in [2.24, 2.45) is 0 Å². The Morgan fingerprint density at radius 1 is 1.09 bits per heavy atom. The number of halogens is 7. The van der Waals surface area contributed by atoms with Crippen LogP contribution in [0.1, 0.15) is 16.1 Å². The molecule has 0 aliphatic rings. The average molecular weight is 495 g/mol. The first-order chi connectivity index (χ1) is 15.3. The van der Waals surface area contributed by atoms with Crippen molar-refractivity contribution in [3.63, 3.8) is 0 Å². The van der Waals surface area contributed by atoms with Gasteiger partial charge in [-0.05, 0) is 18.2 Å². The molecule has 7 nitrogen and oxygen atoms in total. The predicted molar refractivity (Wildman–Crippen MR) is 99.2 cm³/mol. The van der Waals surface area contributed by atoms with Crippen molar-refractivity contribution >= 4 is 23.2 Å². The summed E-state index contributed by atoms with van der Waals surface area (Å²) in [5, 5.41) is 11.3. The first-order valence-electron chi connectivity index (χ1n) is 8.64. The number of anilines is 1. The third-order valence-corrected chi connectivity index (χ3v) is 4.10. The number of nitrogens with zero attached hydrogens (tertiary/aromatic N) is 2. The second kappa shape index (κ2) is 9.02. The van der Waals surface area contributed by atoms with Gasteiger partial charge in [-0.3, -0.25) is 15.0 Å². The van der Waals surface area contributed by atoms with E-state index in [4.69, 9.17) is 16.3 Å². The lowest BCUT2D eigenvalue weighted by atomic mass is 10.2. The number of pyridine rings is 2. The van der Waals surface area contributed by atoms with Crippen molar-refractivity contribution in [2.75, 3.05) is 5.32 Å². The van der Waals surface area contributed by atoms with Gasteiger partial charge in [-0.2, -0.15) is 13.2 Å². The summed E-state index contributed by atoms with van der Waals surface area (Å²) in [5.41, 5.74) is -1.76. The van der Waals surface area contributed by atoms with E-state index in [-0.39, 0.29) is 11.4 Å². The number of aromatic nitrogens is 2. The number of alkyl halides is 6. The Labute approximate surface area is 185 Å². The maximum atomic E-state index is 13.1. The fourth-order valence-corrected chi connectivity index (χ4v) is 2.67. The van der Waals surface area contributed by atoms with E-state index in [2.05, 4.69) is 15.0 Å². The molecular weight excluding hydrogens is 484 g/mol. The normalized spacial score (nSPS) is 11.7. The Bertz CT molecular complexity index is 1190. The van der Waals surface area contributed by atoms with Gasteiger partial charge in [-0.25, -0.2) is 0 Å². The van der Waals surface area contributed by atoms with Crippen molar-refractivity contribution < 1.29 is 50.5 Å². The molecule has 0 saturated carbocycles. The smallest absolute Gasteiger partial charge is 0.455 e.